The van der Waals surface area contributed by atoms with E-state index in [2.05, 4.69) is 20.0 Å². The molecule has 134 valence electrons. The average Bonchev–Trinajstić information content (AvgIpc) is 2.54. The van der Waals surface area contributed by atoms with Gasteiger partial charge in [-0.25, -0.2) is 4.98 Å². The number of nitrogens with zero attached hydrogens (tertiary/aromatic N) is 2. The van der Waals surface area contributed by atoms with Crippen LogP contribution in [0.3, 0.4) is 0 Å². The van der Waals surface area contributed by atoms with E-state index in [1.54, 1.807) is 7.05 Å². The van der Waals surface area contributed by atoms with Gasteiger partial charge in [0.1, 0.15) is 5.75 Å². The van der Waals surface area contributed by atoms with E-state index in [-0.39, 0.29) is 28.0 Å². The zero-order valence-electron chi connectivity index (χ0n) is 13.1. The molecule has 0 aliphatic heterocycles. The van der Waals surface area contributed by atoms with Gasteiger partial charge in [0.15, 0.2) is 18.2 Å². The number of alkyl halides is 3. The van der Waals surface area contributed by atoms with Gasteiger partial charge in [-0.15, -0.1) is 13.2 Å². The van der Waals surface area contributed by atoms with Gasteiger partial charge < -0.3 is 14.8 Å². The number of para-hydroxylation sites is 1. The first-order valence-corrected chi connectivity index (χ1v) is 7.30. The fourth-order valence-corrected chi connectivity index (χ4v) is 2.11. The SMILES string of the molecule is CNc1nc(Cl)ncc1OCC(=O)c1cccc(C)c1OC(F)(F)F. The van der Waals surface area contributed by atoms with Crippen molar-refractivity contribution in [3.05, 3.63) is 40.8 Å². The average molecular weight is 376 g/mol. The van der Waals surface area contributed by atoms with Crippen LogP contribution in [0.2, 0.25) is 5.28 Å². The molecule has 0 fully saturated rings. The first kappa shape index (κ1) is 18.8. The molecule has 25 heavy (non-hydrogen) atoms. The molecule has 0 saturated carbocycles. The second-order valence-corrected chi connectivity index (χ2v) is 5.15. The van der Waals surface area contributed by atoms with Gasteiger partial charge in [-0.2, -0.15) is 4.98 Å². The highest BCUT2D eigenvalue weighted by atomic mass is 35.5. The molecule has 6 nitrogen and oxygen atoms in total. The maximum absolute atomic E-state index is 12.6. The number of Topliss-reactive ketones (excluding diaryl/α,β-unsaturated/α-hetero) is 1. The van der Waals surface area contributed by atoms with E-state index in [0.717, 1.165) is 0 Å². The fourth-order valence-electron chi connectivity index (χ4n) is 1.98. The molecule has 0 radical (unpaired) electrons. The Labute approximate surface area is 145 Å². The lowest BCUT2D eigenvalue weighted by atomic mass is 10.1. The molecular formula is C15H13ClF3N3O3. The lowest BCUT2D eigenvalue weighted by Crippen LogP contribution is -2.21. The van der Waals surface area contributed by atoms with Crippen LogP contribution < -0.4 is 14.8 Å². The molecule has 0 aliphatic rings. The largest absolute Gasteiger partial charge is 0.573 e. The number of anilines is 1. The first-order valence-electron chi connectivity index (χ1n) is 6.93. The van der Waals surface area contributed by atoms with Crippen LogP contribution in [0, 0.1) is 6.92 Å². The van der Waals surface area contributed by atoms with Gasteiger partial charge >= 0.3 is 6.36 Å². The zero-order chi connectivity index (χ0) is 18.6. The molecule has 0 atom stereocenters. The summed E-state index contributed by atoms with van der Waals surface area (Å²) in [5.74, 6) is -0.875. The topological polar surface area (TPSA) is 73.3 Å². The molecule has 2 aromatic rings. The van der Waals surface area contributed by atoms with Crippen molar-refractivity contribution in [1.29, 1.82) is 0 Å². The van der Waals surface area contributed by atoms with Gasteiger partial charge in [0.25, 0.3) is 0 Å². The number of rotatable bonds is 6. The van der Waals surface area contributed by atoms with Crippen molar-refractivity contribution < 1.29 is 27.4 Å². The maximum Gasteiger partial charge on any atom is 0.573 e. The lowest BCUT2D eigenvalue weighted by molar-refractivity contribution is -0.274. The Balaban J connectivity index is 2.21. The summed E-state index contributed by atoms with van der Waals surface area (Å²) >= 11 is 5.65. The third-order valence-electron chi connectivity index (χ3n) is 3.05. The number of benzene rings is 1. The van der Waals surface area contributed by atoms with E-state index in [1.807, 2.05) is 0 Å². The highest BCUT2D eigenvalue weighted by molar-refractivity contribution is 6.28. The Kier molecular flexibility index (Phi) is 5.68. The molecule has 0 spiro atoms. The molecular weight excluding hydrogens is 363 g/mol. The van der Waals surface area contributed by atoms with E-state index in [0.29, 0.717) is 0 Å². The number of halogens is 4. The van der Waals surface area contributed by atoms with Crippen molar-refractivity contribution >= 4 is 23.2 Å². The Hall–Kier alpha value is -2.55. The van der Waals surface area contributed by atoms with Crippen molar-refractivity contribution in [3.63, 3.8) is 0 Å². The number of carbonyl (C=O) groups is 1. The molecule has 0 saturated heterocycles. The summed E-state index contributed by atoms with van der Waals surface area (Å²) in [6, 6.07) is 4.10. The number of ether oxygens (including phenoxy) is 2. The molecule has 0 unspecified atom stereocenters. The highest BCUT2D eigenvalue weighted by Gasteiger charge is 2.33. The number of carbonyl (C=O) groups excluding carboxylic acids is 1. The van der Waals surface area contributed by atoms with E-state index in [4.69, 9.17) is 16.3 Å². The summed E-state index contributed by atoms with van der Waals surface area (Å²) < 4.78 is 46.9. The van der Waals surface area contributed by atoms with Crippen molar-refractivity contribution in [2.24, 2.45) is 0 Å². The van der Waals surface area contributed by atoms with Crippen molar-refractivity contribution in [1.82, 2.24) is 9.97 Å². The van der Waals surface area contributed by atoms with Crippen LogP contribution in [0.25, 0.3) is 0 Å². The Bertz CT molecular complexity index is 784. The van der Waals surface area contributed by atoms with Gasteiger partial charge in [0.2, 0.25) is 11.1 Å². The number of nitrogens with one attached hydrogen (secondary N) is 1. The quantitative estimate of drug-likeness (QED) is 0.614. The number of hydrogen-bond acceptors (Lipinski definition) is 6. The summed E-state index contributed by atoms with van der Waals surface area (Å²) in [5.41, 5.74) is -0.0628. The molecule has 0 aliphatic carbocycles. The summed E-state index contributed by atoms with van der Waals surface area (Å²) in [5, 5.41) is 2.68. The van der Waals surface area contributed by atoms with Gasteiger partial charge in [-0.3, -0.25) is 4.79 Å². The molecule has 2 rings (SSSR count). The number of hydrogen-bond donors (Lipinski definition) is 1. The normalized spacial score (nSPS) is 11.1. The second kappa shape index (κ2) is 7.56. The number of aryl methyl sites for hydroxylation is 1. The summed E-state index contributed by atoms with van der Waals surface area (Å²) in [4.78, 5) is 19.9. The van der Waals surface area contributed by atoms with E-state index < -0.39 is 24.5 Å². The first-order chi connectivity index (χ1) is 11.7. The van der Waals surface area contributed by atoms with Crippen LogP contribution in [0.5, 0.6) is 11.5 Å². The van der Waals surface area contributed by atoms with Crippen molar-refractivity contribution in [2.75, 3.05) is 19.0 Å². The van der Waals surface area contributed by atoms with Crippen LogP contribution in [-0.4, -0.2) is 35.8 Å². The summed E-state index contributed by atoms with van der Waals surface area (Å²) in [6.07, 6.45) is -3.66. The van der Waals surface area contributed by atoms with Gasteiger partial charge in [0.05, 0.1) is 11.8 Å². The zero-order valence-corrected chi connectivity index (χ0v) is 13.9. The molecule has 0 bridgehead atoms. The van der Waals surface area contributed by atoms with E-state index in [9.17, 15) is 18.0 Å². The van der Waals surface area contributed by atoms with Crippen LogP contribution in [-0.2, 0) is 0 Å². The highest BCUT2D eigenvalue weighted by Crippen LogP contribution is 2.30. The monoisotopic (exact) mass is 375 g/mol. The molecule has 1 N–H and O–H groups in total. The third kappa shape index (κ3) is 4.96. The third-order valence-corrected chi connectivity index (χ3v) is 3.23. The smallest absolute Gasteiger partial charge is 0.480 e. The second-order valence-electron chi connectivity index (χ2n) is 4.81. The Morgan fingerprint density at radius 2 is 2.08 bits per heavy atom. The van der Waals surface area contributed by atoms with Gasteiger partial charge in [-0.1, -0.05) is 12.1 Å². The van der Waals surface area contributed by atoms with Crippen LogP contribution in [0.1, 0.15) is 15.9 Å². The predicted octanol–water partition coefficient (Wildman–Crippen LogP) is 3.64. The van der Waals surface area contributed by atoms with Gasteiger partial charge in [-0.05, 0) is 30.2 Å². The minimum Gasteiger partial charge on any atom is -0.480 e. The van der Waals surface area contributed by atoms with E-state index >= 15 is 0 Å². The molecule has 1 heterocycles. The van der Waals surface area contributed by atoms with Crippen LogP contribution in [0.4, 0.5) is 19.0 Å². The van der Waals surface area contributed by atoms with Gasteiger partial charge in [0, 0.05) is 7.05 Å². The molecule has 10 heteroatoms. The maximum atomic E-state index is 12.6. The van der Waals surface area contributed by atoms with Crippen molar-refractivity contribution in [3.8, 4) is 11.5 Å². The minimum atomic E-state index is -4.91. The predicted molar refractivity (Wildman–Crippen MR) is 84.3 cm³/mol. The summed E-state index contributed by atoms with van der Waals surface area (Å²) in [7, 11) is 1.56. The number of ketones is 1. The lowest BCUT2D eigenvalue weighted by Gasteiger charge is -2.15. The fraction of sp³-hybridized carbons (Fsp3) is 0.267. The van der Waals surface area contributed by atoms with Crippen LogP contribution in [0.15, 0.2) is 24.4 Å². The molecule has 1 aromatic heterocycles. The van der Waals surface area contributed by atoms with E-state index in [1.165, 1.54) is 31.3 Å². The Morgan fingerprint density at radius 1 is 1.36 bits per heavy atom. The minimum absolute atomic E-state index is 0.0254. The summed E-state index contributed by atoms with van der Waals surface area (Å²) in [6.45, 7) is 0.877. The van der Waals surface area contributed by atoms with Crippen molar-refractivity contribution in [2.45, 2.75) is 13.3 Å². The molecule has 0 amide bonds. The standard InChI is InChI=1S/C15H13ClF3N3O3/c1-8-4-3-5-9(12(8)25-15(17,18)19)10(23)7-24-11-6-21-14(16)22-13(11)20-2/h3-6H,7H2,1-2H3,(H,20,21,22). The Morgan fingerprint density at radius 3 is 2.72 bits per heavy atom. The number of aromatic nitrogens is 2. The van der Waals surface area contributed by atoms with Crippen LogP contribution >= 0.6 is 11.6 Å². The molecule has 1 aromatic carbocycles.